The lowest BCUT2D eigenvalue weighted by Crippen LogP contribution is -2.43. The molecule has 0 bridgehead atoms. The number of halogens is 1. The molecule has 1 atom stereocenters. The molecule has 0 radical (unpaired) electrons. The third-order valence-electron chi connectivity index (χ3n) is 2.89. The molecule has 1 heterocycles. The van der Waals surface area contributed by atoms with Gasteiger partial charge in [0.2, 0.25) is 0 Å². The lowest BCUT2D eigenvalue weighted by Gasteiger charge is -2.40. The molecule has 4 nitrogen and oxygen atoms in total. The molecule has 0 saturated heterocycles. The molecule has 1 amide bonds. The van der Waals surface area contributed by atoms with E-state index in [4.69, 9.17) is 0 Å². The van der Waals surface area contributed by atoms with E-state index in [1.54, 1.807) is 6.07 Å². The number of alkyl halides is 1. The minimum Gasteiger partial charge on any atom is -0.644 e. The van der Waals surface area contributed by atoms with Gasteiger partial charge in [-0.15, -0.1) is 0 Å². The van der Waals surface area contributed by atoms with E-state index in [2.05, 4.69) is 15.9 Å². The van der Waals surface area contributed by atoms with E-state index in [1.165, 1.54) is 4.67 Å². The number of amides is 1. The van der Waals surface area contributed by atoms with Crippen LogP contribution in [0.2, 0.25) is 0 Å². The largest absolute Gasteiger partial charge is 0.644 e. The Morgan fingerprint density at radius 3 is 2.67 bits per heavy atom. The highest BCUT2D eigenvalue weighted by Crippen LogP contribution is 2.46. The van der Waals surface area contributed by atoms with Crippen molar-refractivity contribution in [2.45, 2.75) is 13.3 Å². The van der Waals surface area contributed by atoms with Crippen molar-refractivity contribution in [3.05, 3.63) is 29.8 Å². The zero-order valence-corrected chi connectivity index (χ0v) is 12.8. The van der Waals surface area contributed by atoms with Crippen molar-refractivity contribution in [2.24, 2.45) is 0 Å². The Balaban J connectivity index is 2.42. The summed E-state index contributed by atoms with van der Waals surface area (Å²) in [5, 5.41) is 0.728. The van der Waals surface area contributed by atoms with Gasteiger partial charge >= 0.3 is 0 Å². The maximum Gasteiger partial charge on any atom is 0.288 e. The second kappa shape index (κ2) is 6.00. The first kappa shape index (κ1) is 13.8. The summed E-state index contributed by atoms with van der Waals surface area (Å²) in [7, 11) is -2.22. The standard InChI is InChI=1S/C12H16BrN2O2P/c1-2-8-15-12(16)10-5-3-4-6-11(10)14(9-7-13)18(15)17/h3-6,18H,2,7-9H2,1H3. The summed E-state index contributed by atoms with van der Waals surface area (Å²) in [4.78, 5) is 24.8. The number of fused-ring (bicyclic) bond motifs is 1. The Hall–Kier alpha value is -0.640. The fraction of sp³-hybridized carbons (Fsp3) is 0.417. The highest BCUT2D eigenvalue weighted by Gasteiger charge is 2.37. The van der Waals surface area contributed by atoms with Crippen LogP contribution in [0.1, 0.15) is 23.7 Å². The van der Waals surface area contributed by atoms with Gasteiger partial charge in [0, 0.05) is 5.33 Å². The first-order valence-corrected chi connectivity index (χ1v) is 8.41. The zero-order chi connectivity index (χ0) is 13.1. The summed E-state index contributed by atoms with van der Waals surface area (Å²) in [6, 6.07) is 7.38. The van der Waals surface area contributed by atoms with Gasteiger partial charge in [0.15, 0.2) is 0 Å². The quantitative estimate of drug-likeness (QED) is 0.627. The van der Waals surface area contributed by atoms with Crippen LogP contribution in [-0.4, -0.2) is 29.0 Å². The number of anilines is 1. The van der Waals surface area contributed by atoms with Gasteiger partial charge in [-0.3, -0.25) is 4.79 Å². The normalized spacial score (nSPS) is 19.1. The minimum absolute atomic E-state index is 0.109. The van der Waals surface area contributed by atoms with Gasteiger partial charge in [0.25, 0.3) is 5.91 Å². The lowest BCUT2D eigenvalue weighted by molar-refractivity contribution is -0.169. The molecule has 18 heavy (non-hydrogen) atoms. The average molecular weight is 331 g/mol. The summed E-state index contributed by atoms with van der Waals surface area (Å²) in [6.07, 6.45) is 0.812. The third-order valence-corrected chi connectivity index (χ3v) is 5.06. The van der Waals surface area contributed by atoms with Gasteiger partial charge in [-0.25, -0.2) is 4.67 Å². The number of hydrogen-bond donors (Lipinski definition) is 0. The fourth-order valence-electron chi connectivity index (χ4n) is 2.09. The maximum atomic E-state index is 12.5. The van der Waals surface area contributed by atoms with Crippen LogP contribution in [-0.2, 0) is 0 Å². The molecule has 6 heteroatoms. The molecule has 1 aromatic carbocycles. The van der Waals surface area contributed by atoms with Crippen molar-refractivity contribution in [2.75, 3.05) is 23.1 Å². The average Bonchev–Trinajstić information content (AvgIpc) is 2.39. The van der Waals surface area contributed by atoms with Crippen LogP contribution in [0.4, 0.5) is 5.69 Å². The SMILES string of the molecule is CCCN1C(=O)c2ccccc2N(CCBr)[PH+]1[O-]. The van der Waals surface area contributed by atoms with Crippen molar-refractivity contribution in [3.63, 3.8) is 0 Å². The first-order chi connectivity index (χ1) is 8.70. The van der Waals surface area contributed by atoms with E-state index < -0.39 is 8.45 Å². The van der Waals surface area contributed by atoms with Crippen molar-refractivity contribution in [1.82, 2.24) is 4.67 Å². The third kappa shape index (κ3) is 2.40. The Morgan fingerprint density at radius 2 is 2.00 bits per heavy atom. The van der Waals surface area contributed by atoms with Crippen LogP contribution in [0.25, 0.3) is 0 Å². The van der Waals surface area contributed by atoms with Crippen LogP contribution in [0, 0.1) is 0 Å². The molecule has 0 spiro atoms. The molecule has 1 unspecified atom stereocenters. The number of hydrogen-bond acceptors (Lipinski definition) is 3. The van der Waals surface area contributed by atoms with Crippen molar-refractivity contribution >= 4 is 36.0 Å². The highest BCUT2D eigenvalue weighted by atomic mass is 79.9. The van der Waals surface area contributed by atoms with Crippen LogP contribution in [0.3, 0.4) is 0 Å². The number of carbonyl (C=O) groups excluding carboxylic acids is 1. The molecule has 0 aliphatic carbocycles. The molecule has 1 aromatic rings. The predicted molar refractivity (Wildman–Crippen MR) is 77.2 cm³/mol. The Labute approximate surface area is 117 Å². The first-order valence-electron chi connectivity index (χ1n) is 5.99. The predicted octanol–water partition coefficient (Wildman–Crippen LogP) is 2.07. The Morgan fingerprint density at radius 1 is 1.28 bits per heavy atom. The highest BCUT2D eigenvalue weighted by molar-refractivity contribution is 9.09. The smallest absolute Gasteiger partial charge is 0.288 e. The fourth-order valence-corrected chi connectivity index (χ4v) is 4.48. The summed E-state index contributed by atoms with van der Waals surface area (Å²) in [5.74, 6) is -0.109. The monoisotopic (exact) mass is 330 g/mol. The summed E-state index contributed by atoms with van der Waals surface area (Å²) >= 11 is 3.37. The molecule has 1 aliphatic heterocycles. The van der Waals surface area contributed by atoms with Crippen molar-refractivity contribution < 1.29 is 9.69 Å². The summed E-state index contributed by atoms with van der Waals surface area (Å²) < 4.78 is 3.35. The molecule has 0 saturated carbocycles. The zero-order valence-electron chi connectivity index (χ0n) is 10.2. The van der Waals surface area contributed by atoms with E-state index in [0.717, 1.165) is 17.4 Å². The van der Waals surface area contributed by atoms with Gasteiger partial charge in [-0.2, -0.15) is 4.67 Å². The van der Waals surface area contributed by atoms with Crippen LogP contribution < -0.4 is 9.56 Å². The molecule has 0 fully saturated rings. The van der Waals surface area contributed by atoms with Gasteiger partial charge in [0.1, 0.15) is 8.45 Å². The van der Waals surface area contributed by atoms with E-state index in [1.807, 2.05) is 29.8 Å². The van der Waals surface area contributed by atoms with Crippen LogP contribution >= 0.6 is 24.4 Å². The molecular weight excluding hydrogens is 315 g/mol. The van der Waals surface area contributed by atoms with E-state index >= 15 is 0 Å². The molecule has 1 aliphatic rings. The summed E-state index contributed by atoms with van der Waals surface area (Å²) in [6.45, 7) is 3.17. The number of para-hydroxylation sites is 1. The second-order valence-electron chi connectivity index (χ2n) is 4.10. The molecule has 2 rings (SSSR count). The summed E-state index contributed by atoms with van der Waals surface area (Å²) in [5.41, 5.74) is 1.44. The van der Waals surface area contributed by atoms with Gasteiger partial charge in [-0.05, 0) is 18.6 Å². The molecular formula is C12H16BrN2O2P. The second-order valence-corrected chi connectivity index (χ2v) is 6.53. The topological polar surface area (TPSA) is 46.6 Å². The van der Waals surface area contributed by atoms with Gasteiger partial charge in [-0.1, -0.05) is 35.0 Å². The Bertz CT molecular complexity index is 444. The van der Waals surface area contributed by atoms with E-state index in [-0.39, 0.29) is 5.91 Å². The number of benzene rings is 1. The minimum atomic E-state index is -2.22. The van der Waals surface area contributed by atoms with Crippen molar-refractivity contribution in [3.8, 4) is 0 Å². The van der Waals surface area contributed by atoms with Crippen LogP contribution in [0.15, 0.2) is 24.3 Å². The van der Waals surface area contributed by atoms with Crippen molar-refractivity contribution in [1.29, 1.82) is 0 Å². The molecule has 0 N–H and O–H groups in total. The Kier molecular flexibility index (Phi) is 4.60. The van der Waals surface area contributed by atoms with Crippen LogP contribution in [0.5, 0.6) is 0 Å². The molecule has 98 valence electrons. The number of nitrogens with zero attached hydrogens (tertiary/aromatic N) is 2. The maximum absolute atomic E-state index is 12.5. The van der Waals surface area contributed by atoms with Gasteiger partial charge < -0.3 is 4.89 Å². The number of rotatable bonds is 4. The van der Waals surface area contributed by atoms with Gasteiger partial charge in [0.05, 0.1) is 24.3 Å². The molecule has 0 aromatic heterocycles. The van der Waals surface area contributed by atoms with E-state index in [0.29, 0.717) is 18.7 Å². The lowest BCUT2D eigenvalue weighted by atomic mass is 10.1. The van der Waals surface area contributed by atoms with E-state index in [9.17, 15) is 9.69 Å². The number of carbonyl (C=O) groups is 1.